The van der Waals surface area contributed by atoms with Gasteiger partial charge in [0.2, 0.25) is 0 Å². The first-order valence-electron chi connectivity index (χ1n) is 10.9. The number of nitrogens with one attached hydrogen (secondary N) is 2. The van der Waals surface area contributed by atoms with E-state index in [1.807, 2.05) is 42.5 Å². The summed E-state index contributed by atoms with van der Waals surface area (Å²) in [6.07, 6.45) is 6.72. The van der Waals surface area contributed by atoms with E-state index in [4.69, 9.17) is 4.98 Å². The number of anilines is 1. The van der Waals surface area contributed by atoms with Crippen LogP contribution in [0.2, 0.25) is 0 Å². The highest BCUT2D eigenvalue weighted by Crippen LogP contribution is 2.34. The number of para-hydroxylation sites is 1. The van der Waals surface area contributed by atoms with Crippen molar-refractivity contribution >= 4 is 27.9 Å². The second-order valence-corrected chi connectivity index (χ2v) is 7.92. The van der Waals surface area contributed by atoms with Crippen molar-refractivity contribution in [3.8, 4) is 22.6 Å². The van der Waals surface area contributed by atoms with E-state index in [-0.39, 0.29) is 6.04 Å². The highest BCUT2D eigenvalue weighted by atomic mass is 15.1. The van der Waals surface area contributed by atoms with E-state index in [2.05, 4.69) is 60.3 Å². The first kappa shape index (κ1) is 19.9. The summed E-state index contributed by atoms with van der Waals surface area (Å²) in [4.78, 5) is 30.3. The summed E-state index contributed by atoms with van der Waals surface area (Å²) >= 11 is 0. The van der Waals surface area contributed by atoms with Gasteiger partial charge in [0.05, 0.1) is 35.0 Å². The third kappa shape index (κ3) is 3.51. The van der Waals surface area contributed by atoms with E-state index in [0.717, 1.165) is 39.1 Å². The van der Waals surface area contributed by atoms with Gasteiger partial charge in [-0.15, -0.1) is 0 Å². The van der Waals surface area contributed by atoms with E-state index in [1.165, 1.54) is 6.33 Å². The van der Waals surface area contributed by atoms with Crippen LogP contribution < -0.4 is 5.32 Å². The molecular formula is C26H20N8. The zero-order chi connectivity index (χ0) is 22.9. The Morgan fingerprint density at radius 1 is 0.794 bits per heavy atom. The molecule has 8 heteroatoms. The van der Waals surface area contributed by atoms with Crippen LogP contribution in [0.4, 0.5) is 5.82 Å². The van der Waals surface area contributed by atoms with Crippen LogP contribution >= 0.6 is 0 Å². The Balaban J connectivity index is 1.52. The summed E-state index contributed by atoms with van der Waals surface area (Å²) in [5.41, 5.74) is 6.75. The maximum absolute atomic E-state index is 5.14. The zero-order valence-corrected chi connectivity index (χ0v) is 18.3. The monoisotopic (exact) mass is 444 g/mol. The highest BCUT2D eigenvalue weighted by Gasteiger charge is 2.19. The molecule has 0 amide bonds. The van der Waals surface area contributed by atoms with Crippen LogP contribution in [0.15, 0.2) is 85.7 Å². The highest BCUT2D eigenvalue weighted by molar-refractivity contribution is 5.95. The van der Waals surface area contributed by atoms with Crippen molar-refractivity contribution in [3.05, 3.63) is 91.3 Å². The smallest absolute Gasteiger partial charge is 0.162 e. The fourth-order valence-electron chi connectivity index (χ4n) is 4.13. The Labute approximate surface area is 195 Å². The van der Waals surface area contributed by atoms with Crippen molar-refractivity contribution in [2.75, 3.05) is 5.32 Å². The number of benzene rings is 1. The van der Waals surface area contributed by atoms with E-state index in [0.29, 0.717) is 17.0 Å². The normalized spacial score (nSPS) is 12.1. The van der Waals surface area contributed by atoms with Gasteiger partial charge in [0.15, 0.2) is 11.5 Å². The average Bonchev–Trinajstić information content (AvgIpc) is 3.39. The third-order valence-electron chi connectivity index (χ3n) is 5.76. The predicted octanol–water partition coefficient (Wildman–Crippen LogP) is 5.20. The largest absolute Gasteiger partial charge is 0.362 e. The molecule has 5 heterocycles. The molecule has 2 N–H and O–H groups in total. The van der Waals surface area contributed by atoms with Gasteiger partial charge in [-0.2, -0.15) is 0 Å². The van der Waals surface area contributed by atoms with Gasteiger partial charge >= 0.3 is 0 Å². The predicted molar refractivity (Wildman–Crippen MR) is 132 cm³/mol. The molecule has 0 unspecified atom stereocenters. The second kappa shape index (κ2) is 8.32. The van der Waals surface area contributed by atoms with Crippen molar-refractivity contribution in [1.82, 2.24) is 34.9 Å². The second-order valence-electron chi connectivity index (χ2n) is 7.92. The SMILES string of the molecule is C[C@H](Nc1ncnc2[nH]cnc12)c1cc2cccc(-c3ccccn3)c2nc1-c1ccccn1. The number of H-pyrrole nitrogens is 1. The minimum absolute atomic E-state index is 0.123. The average molecular weight is 445 g/mol. The van der Waals surface area contributed by atoms with Crippen LogP contribution in [-0.2, 0) is 0 Å². The molecule has 0 bridgehead atoms. The number of fused-ring (bicyclic) bond motifs is 2. The Morgan fingerprint density at radius 3 is 2.41 bits per heavy atom. The standard InChI is InChI=1S/C26H20N8/c1-16(33-26-24-25(30-14-29-24)31-15-32-26)19-13-17-7-6-8-18(20-9-2-4-11-27-20)22(17)34-23(19)21-10-3-5-12-28-21/h2-16H,1H3,(H2,29,30,31,32,33)/t16-/m0/s1. The maximum atomic E-state index is 5.14. The maximum Gasteiger partial charge on any atom is 0.162 e. The van der Waals surface area contributed by atoms with Crippen LogP contribution in [-0.4, -0.2) is 34.9 Å². The lowest BCUT2D eigenvalue weighted by atomic mass is 9.98. The van der Waals surface area contributed by atoms with Crippen molar-refractivity contribution in [2.24, 2.45) is 0 Å². The zero-order valence-electron chi connectivity index (χ0n) is 18.3. The van der Waals surface area contributed by atoms with E-state index in [1.54, 1.807) is 18.7 Å². The Morgan fingerprint density at radius 2 is 1.62 bits per heavy atom. The van der Waals surface area contributed by atoms with E-state index >= 15 is 0 Å². The number of imidazole rings is 1. The van der Waals surface area contributed by atoms with Gasteiger partial charge in [0.25, 0.3) is 0 Å². The Kier molecular flexibility index (Phi) is 4.88. The lowest BCUT2D eigenvalue weighted by Gasteiger charge is -2.19. The molecule has 0 aliphatic carbocycles. The molecule has 0 saturated carbocycles. The lowest BCUT2D eigenvalue weighted by Crippen LogP contribution is -2.11. The van der Waals surface area contributed by atoms with Gasteiger partial charge in [-0.25, -0.2) is 19.9 Å². The van der Waals surface area contributed by atoms with Gasteiger partial charge in [-0.3, -0.25) is 9.97 Å². The van der Waals surface area contributed by atoms with Crippen molar-refractivity contribution in [2.45, 2.75) is 13.0 Å². The first-order chi connectivity index (χ1) is 16.8. The summed E-state index contributed by atoms with van der Waals surface area (Å²) < 4.78 is 0. The first-order valence-corrected chi connectivity index (χ1v) is 10.9. The molecule has 8 nitrogen and oxygen atoms in total. The van der Waals surface area contributed by atoms with Crippen molar-refractivity contribution < 1.29 is 0 Å². The Hall–Kier alpha value is -4.72. The minimum Gasteiger partial charge on any atom is -0.362 e. The number of rotatable bonds is 5. The van der Waals surface area contributed by atoms with Gasteiger partial charge in [-0.05, 0) is 37.3 Å². The van der Waals surface area contributed by atoms with Crippen LogP contribution in [0.3, 0.4) is 0 Å². The molecule has 5 aromatic heterocycles. The number of nitrogens with zero attached hydrogens (tertiary/aromatic N) is 6. The summed E-state index contributed by atoms with van der Waals surface area (Å²) in [7, 11) is 0. The molecule has 6 aromatic rings. The lowest BCUT2D eigenvalue weighted by molar-refractivity contribution is 0.872. The topological polar surface area (TPSA) is 105 Å². The quantitative estimate of drug-likeness (QED) is 0.376. The van der Waals surface area contributed by atoms with E-state index in [9.17, 15) is 0 Å². The molecule has 6 rings (SSSR count). The molecule has 1 aromatic carbocycles. The molecule has 164 valence electrons. The summed E-state index contributed by atoms with van der Waals surface area (Å²) in [5.74, 6) is 0.660. The third-order valence-corrected chi connectivity index (χ3v) is 5.76. The molecule has 0 radical (unpaired) electrons. The number of hydrogen-bond donors (Lipinski definition) is 2. The summed E-state index contributed by atoms with van der Waals surface area (Å²) in [6.45, 7) is 2.08. The van der Waals surface area contributed by atoms with E-state index < -0.39 is 0 Å². The van der Waals surface area contributed by atoms with Gasteiger partial charge in [0, 0.05) is 28.9 Å². The van der Waals surface area contributed by atoms with Crippen LogP contribution in [0, 0.1) is 0 Å². The summed E-state index contributed by atoms with van der Waals surface area (Å²) in [5, 5.41) is 4.52. The van der Waals surface area contributed by atoms with Crippen molar-refractivity contribution in [1.29, 1.82) is 0 Å². The minimum atomic E-state index is -0.123. The molecule has 0 aliphatic rings. The number of hydrogen-bond acceptors (Lipinski definition) is 7. The van der Waals surface area contributed by atoms with Crippen LogP contribution in [0.5, 0.6) is 0 Å². The Bertz CT molecular complexity index is 1600. The van der Waals surface area contributed by atoms with Crippen molar-refractivity contribution in [3.63, 3.8) is 0 Å². The fourth-order valence-corrected chi connectivity index (χ4v) is 4.13. The summed E-state index contributed by atoms with van der Waals surface area (Å²) in [6, 6.07) is 20.0. The number of aromatic nitrogens is 7. The van der Waals surface area contributed by atoms with Crippen LogP contribution in [0.1, 0.15) is 18.5 Å². The van der Waals surface area contributed by atoms with Gasteiger partial charge in [0.1, 0.15) is 11.8 Å². The molecule has 0 saturated heterocycles. The molecule has 1 atom stereocenters. The fraction of sp³-hybridized carbons (Fsp3) is 0.0769. The molecular weight excluding hydrogens is 424 g/mol. The molecule has 0 aliphatic heterocycles. The molecule has 0 fully saturated rings. The molecule has 0 spiro atoms. The van der Waals surface area contributed by atoms with Gasteiger partial charge < -0.3 is 10.3 Å². The molecule has 34 heavy (non-hydrogen) atoms. The number of pyridine rings is 3. The number of aromatic amines is 1. The van der Waals surface area contributed by atoms with Crippen LogP contribution in [0.25, 0.3) is 44.7 Å². The van der Waals surface area contributed by atoms with Gasteiger partial charge in [-0.1, -0.05) is 30.3 Å².